The van der Waals surface area contributed by atoms with Crippen LogP contribution < -0.4 is 15.4 Å². The van der Waals surface area contributed by atoms with Crippen molar-refractivity contribution in [2.75, 3.05) is 19.6 Å². The van der Waals surface area contributed by atoms with E-state index in [0.29, 0.717) is 12.5 Å². The van der Waals surface area contributed by atoms with E-state index in [1.807, 2.05) is 0 Å². The van der Waals surface area contributed by atoms with Crippen molar-refractivity contribution in [1.29, 1.82) is 0 Å². The highest BCUT2D eigenvalue weighted by Gasteiger charge is 2.34. The van der Waals surface area contributed by atoms with Gasteiger partial charge in [-0.05, 0) is 19.1 Å². The van der Waals surface area contributed by atoms with Crippen LogP contribution in [0.1, 0.15) is 12.5 Å². The van der Waals surface area contributed by atoms with Crippen LogP contribution in [-0.4, -0.2) is 31.6 Å². The fourth-order valence-electron chi connectivity index (χ4n) is 1.93. The third-order valence-corrected chi connectivity index (χ3v) is 3.30. The van der Waals surface area contributed by atoms with Gasteiger partial charge in [0.1, 0.15) is 5.75 Å². The molecule has 0 radical (unpaired) electrons. The molecule has 1 heterocycles. The monoisotopic (exact) mass is 302 g/mol. The average Bonchev–Trinajstić information content (AvgIpc) is 2.36. The Bertz CT molecular complexity index is 501. The number of hydrogen-bond acceptors (Lipinski definition) is 3. The molecule has 1 saturated heterocycles. The molecule has 1 aromatic carbocycles. The molecule has 1 amide bonds. The van der Waals surface area contributed by atoms with Gasteiger partial charge in [0, 0.05) is 25.6 Å². The first-order valence-electron chi connectivity index (χ1n) is 6.69. The highest BCUT2D eigenvalue weighted by Crippen LogP contribution is 2.36. The van der Waals surface area contributed by atoms with Crippen molar-refractivity contribution in [2.24, 2.45) is 5.92 Å². The largest absolute Gasteiger partial charge is 0.480 e. The Hall–Kier alpha value is -1.76. The molecule has 1 aromatic rings. The maximum absolute atomic E-state index is 12.8. The molecule has 1 aliphatic heterocycles. The molecule has 0 aromatic heterocycles. The zero-order chi connectivity index (χ0) is 15.5. The van der Waals surface area contributed by atoms with Crippen molar-refractivity contribution in [3.05, 3.63) is 29.8 Å². The Morgan fingerprint density at radius 1 is 1.43 bits per heavy atom. The summed E-state index contributed by atoms with van der Waals surface area (Å²) in [5.74, 6) is -0.375. The number of carbonyl (C=O) groups is 1. The summed E-state index contributed by atoms with van der Waals surface area (Å²) >= 11 is 0. The molecule has 1 atom stereocenters. The van der Waals surface area contributed by atoms with Gasteiger partial charge in [-0.15, -0.1) is 0 Å². The second-order valence-electron chi connectivity index (χ2n) is 5.02. The van der Waals surface area contributed by atoms with E-state index >= 15 is 0 Å². The van der Waals surface area contributed by atoms with Gasteiger partial charge in [-0.25, -0.2) is 0 Å². The molecule has 116 valence electrons. The standard InChI is InChI=1S/C14H17F3N2O2/c1-9(13(20)19-8-10-6-18-7-10)21-12-5-3-2-4-11(12)14(15,16)17/h2-5,9-10,18H,6-8H2,1H3,(H,19,20). The zero-order valence-corrected chi connectivity index (χ0v) is 11.5. The summed E-state index contributed by atoms with van der Waals surface area (Å²) < 4.78 is 43.6. The van der Waals surface area contributed by atoms with E-state index in [4.69, 9.17) is 4.74 Å². The first kappa shape index (κ1) is 15.6. The van der Waals surface area contributed by atoms with Crippen LogP contribution in [0.3, 0.4) is 0 Å². The molecule has 1 fully saturated rings. The van der Waals surface area contributed by atoms with Gasteiger partial charge in [0.15, 0.2) is 6.10 Å². The highest BCUT2D eigenvalue weighted by molar-refractivity contribution is 5.80. The van der Waals surface area contributed by atoms with Crippen LogP contribution in [0, 0.1) is 5.92 Å². The van der Waals surface area contributed by atoms with E-state index in [1.54, 1.807) is 0 Å². The van der Waals surface area contributed by atoms with E-state index in [0.717, 1.165) is 19.2 Å². The molecule has 0 saturated carbocycles. The lowest BCUT2D eigenvalue weighted by molar-refractivity contribution is -0.140. The molecule has 2 rings (SSSR count). The number of amides is 1. The minimum Gasteiger partial charge on any atom is -0.480 e. The minimum absolute atomic E-state index is 0.335. The van der Waals surface area contributed by atoms with Gasteiger partial charge in [-0.3, -0.25) is 4.79 Å². The van der Waals surface area contributed by atoms with Crippen LogP contribution in [0.4, 0.5) is 13.2 Å². The van der Waals surface area contributed by atoms with Gasteiger partial charge in [0.2, 0.25) is 0 Å². The third-order valence-electron chi connectivity index (χ3n) is 3.30. The van der Waals surface area contributed by atoms with Crippen LogP contribution >= 0.6 is 0 Å². The summed E-state index contributed by atoms with van der Waals surface area (Å²) in [6.07, 6.45) is -5.49. The number of rotatable bonds is 5. The molecular formula is C14H17F3N2O2. The fraction of sp³-hybridized carbons (Fsp3) is 0.500. The number of alkyl halides is 3. The Balaban J connectivity index is 1.95. The smallest absolute Gasteiger partial charge is 0.419 e. The lowest BCUT2D eigenvalue weighted by Crippen LogP contribution is -2.49. The number of halogens is 3. The van der Waals surface area contributed by atoms with Crippen molar-refractivity contribution in [2.45, 2.75) is 19.2 Å². The first-order valence-corrected chi connectivity index (χ1v) is 6.69. The number of hydrogen-bond donors (Lipinski definition) is 2. The highest BCUT2D eigenvalue weighted by atomic mass is 19.4. The lowest BCUT2D eigenvalue weighted by Gasteiger charge is -2.27. The average molecular weight is 302 g/mol. The summed E-state index contributed by atoms with van der Waals surface area (Å²) in [7, 11) is 0. The molecule has 1 aliphatic rings. The summed E-state index contributed by atoms with van der Waals surface area (Å²) in [5.41, 5.74) is -0.882. The number of carbonyl (C=O) groups excluding carboxylic acids is 1. The molecule has 0 aliphatic carbocycles. The van der Waals surface area contributed by atoms with E-state index in [2.05, 4.69) is 10.6 Å². The van der Waals surface area contributed by atoms with Gasteiger partial charge < -0.3 is 15.4 Å². The van der Waals surface area contributed by atoms with Gasteiger partial charge in [0.25, 0.3) is 5.91 Å². The normalized spacial score (nSPS) is 17.0. The van der Waals surface area contributed by atoms with Gasteiger partial charge in [-0.2, -0.15) is 13.2 Å². The summed E-state index contributed by atoms with van der Waals surface area (Å²) in [5, 5.41) is 5.75. The molecular weight excluding hydrogens is 285 g/mol. The minimum atomic E-state index is -4.51. The molecule has 2 N–H and O–H groups in total. The SMILES string of the molecule is CC(Oc1ccccc1C(F)(F)F)C(=O)NCC1CNC1. The summed E-state index contributed by atoms with van der Waals surface area (Å²) in [6.45, 7) is 3.61. The molecule has 1 unspecified atom stereocenters. The number of nitrogens with one attached hydrogen (secondary N) is 2. The van der Waals surface area contributed by atoms with Crippen LogP contribution in [0.15, 0.2) is 24.3 Å². The van der Waals surface area contributed by atoms with E-state index in [-0.39, 0.29) is 5.75 Å². The van der Waals surface area contributed by atoms with Crippen LogP contribution in [0.2, 0.25) is 0 Å². The van der Waals surface area contributed by atoms with E-state index < -0.39 is 23.8 Å². The van der Waals surface area contributed by atoms with Crippen molar-refractivity contribution in [3.8, 4) is 5.75 Å². The summed E-state index contributed by atoms with van der Waals surface area (Å²) in [4.78, 5) is 11.8. The first-order chi connectivity index (χ1) is 9.88. The van der Waals surface area contributed by atoms with Crippen molar-refractivity contribution >= 4 is 5.91 Å². The topological polar surface area (TPSA) is 50.4 Å². The second-order valence-corrected chi connectivity index (χ2v) is 5.02. The second kappa shape index (κ2) is 6.34. The van der Waals surface area contributed by atoms with Crippen molar-refractivity contribution in [1.82, 2.24) is 10.6 Å². The van der Waals surface area contributed by atoms with E-state index in [9.17, 15) is 18.0 Å². The molecule has 0 spiro atoms. The van der Waals surface area contributed by atoms with E-state index in [1.165, 1.54) is 25.1 Å². The van der Waals surface area contributed by atoms with Crippen molar-refractivity contribution in [3.63, 3.8) is 0 Å². The number of ether oxygens (including phenoxy) is 1. The third kappa shape index (κ3) is 4.10. The maximum atomic E-state index is 12.8. The van der Waals surface area contributed by atoms with Gasteiger partial charge >= 0.3 is 6.18 Å². The van der Waals surface area contributed by atoms with Gasteiger partial charge in [-0.1, -0.05) is 12.1 Å². The lowest BCUT2D eigenvalue weighted by atomic mass is 10.0. The predicted molar refractivity (Wildman–Crippen MR) is 70.9 cm³/mol. The zero-order valence-electron chi connectivity index (χ0n) is 11.5. The number of benzene rings is 1. The Morgan fingerprint density at radius 2 is 2.10 bits per heavy atom. The predicted octanol–water partition coefficient (Wildman–Crippen LogP) is 1.81. The molecule has 4 nitrogen and oxygen atoms in total. The van der Waals surface area contributed by atoms with Crippen molar-refractivity contribution < 1.29 is 22.7 Å². The fourth-order valence-corrected chi connectivity index (χ4v) is 1.93. The van der Waals surface area contributed by atoms with Crippen LogP contribution in [0.25, 0.3) is 0 Å². The maximum Gasteiger partial charge on any atom is 0.419 e. The number of para-hydroxylation sites is 1. The molecule has 7 heteroatoms. The Labute approximate surface area is 120 Å². The Morgan fingerprint density at radius 3 is 2.67 bits per heavy atom. The Kier molecular flexibility index (Phi) is 4.72. The summed E-state index contributed by atoms with van der Waals surface area (Å²) in [6, 6.07) is 4.86. The van der Waals surface area contributed by atoms with Crippen LogP contribution in [0.5, 0.6) is 5.75 Å². The quantitative estimate of drug-likeness (QED) is 0.872. The van der Waals surface area contributed by atoms with Crippen LogP contribution in [-0.2, 0) is 11.0 Å². The molecule has 0 bridgehead atoms. The van der Waals surface area contributed by atoms with Gasteiger partial charge in [0.05, 0.1) is 5.56 Å². The molecule has 21 heavy (non-hydrogen) atoms.